The number of benzene rings is 1. The summed E-state index contributed by atoms with van der Waals surface area (Å²) in [5.74, 6) is 0. The third-order valence-electron chi connectivity index (χ3n) is 2.28. The molecule has 5 heteroatoms. The Labute approximate surface area is 101 Å². The minimum atomic E-state index is -0.389. The van der Waals surface area contributed by atoms with E-state index in [9.17, 15) is 10.1 Å². The normalized spacial score (nSPS) is 11.4. The standard InChI is InChI=1S/C11H14N2O2.ClH/c1-3-4-10(12)9-6-5-8(2)11(7-9)13(14)15;/h3,5-7,10H,1,4,12H2,2H3;1H/t10-;/m1./s1. The van der Waals surface area contributed by atoms with Crippen molar-refractivity contribution in [2.75, 3.05) is 0 Å². The number of hydrogen-bond donors (Lipinski definition) is 1. The molecule has 0 aromatic heterocycles. The highest BCUT2D eigenvalue weighted by Crippen LogP contribution is 2.23. The lowest BCUT2D eigenvalue weighted by atomic mass is 10.0. The van der Waals surface area contributed by atoms with Gasteiger partial charge in [-0.05, 0) is 18.9 Å². The van der Waals surface area contributed by atoms with Crippen LogP contribution >= 0.6 is 12.4 Å². The molecule has 0 aliphatic rings. The lowest BCUT2D eigenvalue weighted by Crippen LogP contribution is -2.09. The maximum Gasteiger partial charge on any atom is 0.272 e. The van der Waals surface area contributed by atoms with Crippen molar-refractivity contribution in [2.24, 2.45) is 5.73 Å². The van der Waals surface area contributed by atoms with Crippen LogP contribution in [0.2, 0.25) is 0 Å². The molecule has 0 radical (unpaired) electrons. The molecule has 0 aliphatic heterocycles. The van der Waals surface area contributed by atoms with Crippen molar-refractivity contribution >= 4 is 18.1 Å². The molecule has 1 atom stereocenters. The Kier molecular flexibility index (Phi) is 5.71. The van der Waals surface area contributed by atoms with Crippen LogP contribution in [0, 0.1) is 17.0 Å². The number of rotatable bonds is 4. The van der Waals surface area contributed by atoms with Crippen LogP contribution in [0.3, 0.4) is 0 Å². The highest BCUT2D eigenvalue weighted by atomic mass is 35.5. The van der Waals surface area contributed by atoms with Crippen molar-refractivity contribution in [2.45, 2.75) is 19.4 Å². The molecule has 88 valence electrons. The van der Waals surface area contributed by atoms with Crippen LogP contribution in [-0.2, 0) is 0 Å². The van der Waals surface area contributed by atoms with E-state index in [1.165, 1.54) is 6.07 Å². The molecule has 0 heterocycles. The fourth-order valence-corrected chi connectivity index (χ4v) is 1.37. The summed E-state index contributed by atoms with van der Waals surface area (Å²) in [6, 6.07) is 4.85. The van der Waals surface area contributed by atoms with E-state index < -0.39 is 0 Å². The van der Waals surface area contributed by atoms with E-state index in [1.807, 2.05) is 6.07 Å². The topological polar surface area (TPSA) is 69.2 Å². The molecule has 0 bridgehead atoms. The van der Waals surface area contributed by atoms with Crippen molar-refractivity contribution in [1.29, 1.82) is 0 Å². The first-order valence-electron chi connectivity index (χ1n) is 4.67. The largest absolute Gasteiger partial charge is 0.324 e. The van der Waals surface area contributed by atoms with Gasteiger partial charge in [-0.15, -0.1) is 19.0 Å². The maximum absolute atomic E-state index is 10.7. The monoisotopic (exact) mass is 242 g/mol. The van der Waals surface area contributed by atoms with E-state index in [0.29, 0.717) is 12.0 Å². The first kappa shape index (κ1) is 14.6. The molecular formula is C11H15ClN2O2. The quantitative estimate of drug-likeness (QED) is 0.501. The van der Waals surface area contributed by atoms with Crippen LogP contribution in [0.1, 0.15) is 23.6 Å². The molecular weight excluding hydrogens is 228 g/mol. The summed E-state index contributed by atoms with van der Waals surface area (Å²) in [6.45, 7) is 5.30. The summed E-state index contributed by atoms with van der Waals surface area (Å²) in [7, 11) is 0. The van der Waals surface area contributed by atoms with Gasteiger partial charge >= 0.3 is 0 Å². The van der Waals surface area contributed by atoms with Gasteiger partial charge in [0.15, 0.2) is 0 Å². The zero-order valence-corrected chi connectivity index (χ0v) is 9.87. The second-order valence-electron chi connectivity index (χ2n) is 3.43. The number of nitrogens with two attached hydrogens (primary N) is 1. The molecule has 0 unspecified atom stereocenters. The molecule has 0 spiro atoms. The van der Waals surface area contributed by atoms with Gasteiger partial charge in [0.05, 0.1) is 4.92 Å². The number of nitro groups is 1. The SMILES string of the molecule is C=CC[C@@H](N)c1ccc(C)c([N+](=O)[O-])c1.Cl. The number of hydrogen-bond acceptors (Lipinski definition) is 3. The van der Waals surface area contributed by atoms with Crippen molar-refractivity contribution < 1.29 is 4.92 Å². The van der Waals surface area contributed by atoms with Gasteiger partial charge in [0.2, 0.25) is 0 Å². The van der Waals surface area contributed by atoms with E-state index in [4.69, 9.17) is 5.73 Å². The van der Waals surface area contributed by atoms with Crippen LogP contribution in [0.25, 0.3) is 0 Å². The second-order valence-corrected chi connectivity index (χ2v) is 3.43. The van der Waals surface area contributed by atoms with E-state index in [1.54, 1.807) is 19.1 Å². The van der Waals surface area contributed by atoms with Crippen molar-refractivity contribution in [1.82, 2.24) is 0 Å². The van der Waals surface area contributed by atoms with Crippen LogP contribution in [0.4, 0.5) is 5.69 Å². The van der Waals surface area contributed by atoms with E-state index >= 15 is 0 Å². The van der Waals surface area contributed by atoms with Gasteiger partial charge in [-0.2, -0.15) is 0 Å². The molecule has 0 amide bonds. The van der Waals surface area contributed by atoms with Crippen LogP contribution in [0.5, 0.6) is 0 Å². The molecule has 1 aromatic rings. The molecule has 0 saturated carbocycles. The van der Waals surface area contributed by atoms with Gasteiger partial charge in [-0.1, -0.05) is 18.2 Å². The summed E-state index contributed by atoms with van der Waals surface area (Å²) >= 11 is 0. The highest BCUT2D eigenvalue weighted by molar-refractivity contribution is 5.85. The number of nitro benzene ring substituents is 1. The summed E-state index contributed by atoms with van der Waals surface area (Å²) < 4.78 is 0. The fraction of sp³-hybridized carbons (Fsp3) is 0.273. The summed E-state index contributed by atoms with van der Waals surface area (Å²) in [4.78, 5) is 10.3. The third-order valence-corrected chi connectivity index (χ3v) is 2.28. The third kappa shape index (κ3) is 3.32. The van der Waals surface area contributed by atoms with E-state index in [0.717, 1.165) is 5.56 Å². The molecule has 1 aromatic carbocycles. The summed E-state index contributed by atoms with van der Waals surface area (Å²) in [5, 5.41) is 10.7. The molecule has 1 rings (SSSR count). The smallest absolute Gasteiger partial charge is 0.272 e. The maximum atomic E-state index is 10.7. The zero-order chi connectivity index (χ0) is 11.4. The van der Waals surface area contributed by atoms with E-state index in [2.05, 4.69) is 6.58 Å². The molecule has 0 fully saturated rings. The Bertz CT molecular complexity index is 394. The molecule has 16 heavy (non-hydrogen) atoms. The van der Waals surface area contributed by atoms with E-state index in [-0.39, 0.29) is 29.1 Å². The fourth-order valence-electron chi connectivity index (χ4n) is 1.37. The zero-order valence-electron chi connectivity index (χ0n) is 9.05. The molecule has 4 nitrogen and oxygen atoms in total. The molecule has 0 saturated heterocycles. The van der Waals surface area contributed by atoms with Crippen LogP contribution in [-0.4, -0.2) is 4.92 Å². The summed E-state index contributed by atoms with van der Waals surface area (Å²) in [6.07, 6.45) is 2.32. The summed E-state index contributed by atoms with van der Waals surface area (Å²) in [5.41, 5.74) is 7.37. The number of halogens is 1. The Morgan fingerprint density at radius 1 is 1.62 bits per heavy atom. The average Bonchev–Trinajstić information content (AvgIpc) is 2.18. The van der Waals surface area contributed by atoms with Crippen LogP contribution in [0.15, 0.2) is 30.9 Å². The van der Waals surface area contributed by atoms with Gasteiger partial charge < -0.3 is 5.73 Å². The molecule has 0 aliphatic carbocycles. The van der Waals surface area contributed by atoms with Gasteiger partial charge in [0.25, 0.3) is 5.69 Å². The highest BCUT2D eigenvalue weighted by Gasteiger charge is 2.13. The lowest BCUT2D eigenvalue weighted by Gasteiger charge is -2.09. The predicted octanol–water partition coefficient (Wildman–Crippen LogP) is 2.90. The van der Waals surface area contributed by atoms with Gasteiger partial charge in [0.1, 0.15) is 0 Å². The Balaban J connectivity index is 0.00000225. The Morgan fingerprint density at radius 3 is 2.75 bits per heavy atom. The first-order chi connectivity index (χ1) is 7.06. The average molecular weight is 243 g/mol. The van der Waals surface area contributed by atoms with Crippen molar-refractivity contribution in [3.63, 3.8) is 0 Å². The second kappa shape index (κ2) is 6.25. The minimum absolute atomic E-state index is 0. The van der Waals surface area contributed by atoms with Crippen molar-refractivity contribution in [3.8, 4) is 0 Å². The number of aryl methyl sites for hydroxylation is 1. The minimum Gasteiger partial charge on any atom is -0.324 e. The molecule has 2 N–H and O–H groups in total. The van der Waals surface area contributed by atoms with Gasteiger partial charge in [-0.25, -0.2) is 0 Å². The van der Waals surface area contributed by atoms with Gasteiger partial charge in [-0.3, -0.25) is 10.1 Å². The van der Waals surface area contributed by atoms with Crippen LogP contribution < -0.4 is 5.73 Å². The lowest BCUT2D eigenvalue weighted by molar-refractivity contribution is -0.385. The Hall–Kier alpha value is -1.39. The number of nitrogens with zero attached hydrogens (tertiary/aromatic N) is 1. The first-order valence-corrected chi connectivity index (χ1v) is 4.67. The van der Waals surface area contributed by atoms with Gasteiger partial charge in [0, 0.05) is 17.7 Å². The predicted molar refractivity (Wildman–Crippen MR) is 66.8 cm³/mol. The Morgan fingerprint density at radius 2 is 2.25 bits per heavy atom. The van der Waals surface area contributed by atoms with Crippen molar-refractivity contribution in [3.05, 3.63) is 52.1 Å².